The standard InChI is InChI=1S/C24H35NO7/c1-6-7-8-9-10-17(26)31-20-19(25(4)5)14-11-15(29-23(14)28)18-13(2)22(27)30-16(18)12-24(3)21(20)32-24/h11,13,15-16,18-21H,6-10,12H2,1-5H3/t13?,15-,16+,18+,19-,20-,21+,24+/m1/s1. The van der Waals surface area contributed by atoms with Gasteiger partial charge in [0.05, 0.1) is 23.1 Å². The number of carbonyl (C=O) groups is 3. The molecule has 0 saturated carbocycles. The Morgan fingerprint density at radius 2 is 1.97 bits per heavy atom. The molecule has 2 bridgehead atoms. The van der Waals surface area contributed by atoms with Crippen molar-refractivity contribution in [1.29, 1.82) is 0 Å². The Labute approximate surface area is 189 Å². The third-order valence-electron chi connectivity index (χ3n) is 7.38. The molecule has 3 heterocycles. The lowest BCUT2D eigenvalue weighted by atomic mass is 9.79. The molecule has 178 valence electrons. The number of ether oxygens (including phenoxy) is 4. The molecular formula is C24H35NO7. The maximum absolute atomic E-state index is 12.9. The van der Waals surface area contributed by atoms with E-state index in [2.05, 4.69) is 6.92 Å². The molecule has 2 fully saturated rings. The number of fused-ring (bicyclic) bond motifs is 4. The number of hydrogen-bond acceptors (Lipinski definition) is 8. The van der Waals surface area contributed by atoms with Crippen LogP contribution < -0.4 is 0 Å². The van der Waals surface area contributed by atoms with Gasteiger partial charge in [-0.1, -0.05) is 33.1 Å². The molecule has 0 radical (unpaired) electrons. The van der Waals surface area contributed by atoms with E-state index in [9.17, 15) is 14.4 Å². The Bertz CT molecular complexity index is 808. The van der Waals surface area contributed by atoms with Gasteiger partial charge < -0.3 is 18.9 Å². The number of likely N-dealkylation sites (N-methyl/N-ethyl adjacent to an activating group) is 1. The molecule has 4 rings (SSSR count). The van der Waals surface area contributed by atoms with Crippen LogP contribution in [-0.2, 0) is 33.3 Å². The number of esters is 3. The van der Waals surface area contributed by atoms with Gasteiger partial charge >= 0.3 is 17.9 Å². The van der Waals surface area contributed by atoms with E-state index in [0.29, 0.717) is 18.4 Å². The van der Waals surface area contributed by atoms with Crippen molar-refractivity contribution in [2.45, 2.75) is 95.4 Å². The van der Waals surface area contributed by atoms with Crippen LogP contribution >= 0.6 is 0 Å². The highest BCUT2D eigenvalue weighted by Gasteiger charge is 2.65. The first-order chi connectivity index (χ1) is 15.2. The number of epoxide rings is 1. The lowest BCUT2D eigenvalue weighted by molar-refractivity contribution is -0.154. The van der Waals surface area contributed by atoms with E-state index in [1.807, 2.05) is 32.8 Å². The number of hydrogen-bond donors (Lipinski definition) is 0. The number of unbranched alkanes of at least 4 members (excludes halogenated alkanes) is 3. The van der Waals surface area contributed by atoms with Crippen molar-refractivity contribution in [2.24, 2.45) is 11.8 Å². The molecule has 32 heavy (non-hydrogen) atoms. The molecule has 3 aliphatic heterocycles. The molecule has 0 aromatic carbocycles. The zero-order chi connectivity index (χ0) is 23.2. The van der Waals surface area contributed by atoms with Crippen molar-refractivity contribution >= 4 is 17.9 Å². The van der Waals surface area contributed by atoms with E-state index >= 15 is 0 Å². The van der Waals surface area contributed by atoms with Gasteiger partial charge in [0.15, 0.2) is 6.10 Å². The molecule has 0 aromatic heterocycles. The highest BCUT2D eigenvalue weighted by Crippen LogP contribution is 2.51. The summed E-state index contributed by atoms with van der Waals surface area (Å²) in [6.07, 6.45) is 4.54. The fraction of sp³-hybridized carbons (Fsp3) is 0.792. The Morgan fingerprint density at radius 1 is 1.22 bits per heavy atom. The van der Waals surface area contributed by atoms with Crippen molar-refractivity contribution in [3.8, 4) is 0 Å². The zero-order valence-corrected chi connectivity index (χ0v) is 19.7. The third kappa shape index (κ3) is 4.19. The van der Waals surface area contributed by atoms with Gasteiger partial charge in [-0.15, -0.1) is 0 Å². The number of carbonyl (C=O) groups excluding carboxylic acids is 3. The highest BCUT2D eigenvalue weighted by atomic mass is 16.6. The first-order valence-electron chi connectivity index (χ1n) is 11.8. The molecule has 8 heteroatoms. The van der Waals surface area contributed by atoms with Crippen LogP contribution in [0.1, 0.15) is 59.3 Å². The van der Waals surface area contributed by atoms with Gasteiger partial charge in [-0.05, 0) is 33.5 Å². The predicted octanol–water partition coefficient (Wildman–Crippen LogP) is 2.39. The maximum atomic E-state index is 12.9. The van der Waals surface area contributed by atoms with E-state index in [1.54, 1.807) is 6.08 Å². The topological polar surface area (TPSA) is 94.7 Å². The summed E-state index contributed by atoms with van der Waals surface area (Å²) in [7, 11) is 3.71. The summed E-state index contributed by atoms with van der Waals surface area (Å²) < 4.78 is 23.5. The summed E-state index contributed by atoms with van der Waals surface area (Å²) in [4.78, 5) is 39.9. The molecule has 0 spiro atoms. The highest BCUT2D eigenvalue weighted by molar-refractivity contribution is 5.93. The first kappa shape index (κ1) is 23.2. The van der Waals surface area contributed by atoms with Crippen LogP contribution in [0.2, 0.25) is 0 Å². The molecule has 0 amide bonds. The van der Waals surface area contributed by atoms with Gasteiger partial charge in [-0.2, -0.15) is 0 Å². The van der Waals surface area contributed by atoms with E-state index in [-0.39, 0.29) is 23.8 Å². The zero-order valence-electron chi connectivity index (χ0n) is 19.7. The summed E-state index contributed by atoms with van der Waals surface area (Å²) >= 11 is 0. The van der Waals surface area contributed by atoms with Gasteiger partial charge in [-0.3, -0.25) is 14.5 Å². The second-order valence-electron chi connectivity index (χ2n) is 10.1. The summed E-state index contributed by atoms with van der Waals surface area (Å²) in [6, 6.07) is -0.496. The van der Waals surface area contributed by atoms with Crippen LogP contribution in [0, 0.1) is 11.8 Å². The molecular weight excluding hydrogens is 414 g/mol. The minimum Gasteiger partial charge on any atom is -0.462 e. The van der Waals surface area contributed by atoms with Crippen LogP contribution in [0.25, 0.3) is 0 Å². The summed E-state index contributed by atoms with van der Waals surface area (Å²) in [5.74, 6) is -1.63. The van der Waals surface area contributed by atoms with E-state index < -0.39 is 42.0 Å². The van der Waals surface area contributed by atoms with Crippen LogP contribution in [-0.4, -0.2) is 73.0 Å². The van der Waals surface area contributed by atoms with E-state index in [0.717, 1.165) is 25.7 Å². The smallest absolute Gasteiger partial charge is 0.336 e. The van der Waals surface area contributed by atoms with Gasteiger partial charge in [0.25, 0.3) is 0 Å². The average molecular weight is 450 g/mol. The van der Waals surface area contributed by atoms with Crippen molar-refractivity contribution in [2.75, 3.05) is 14.1 Å². The number of rotatable bonds is 7. The van der Waals surface area contributed by atoms with E-state index in [4.69, 9.17) is 18.9 Å². The van der Waals surface area contributed by atoms with Gasteiger partial charge in [0.2, 0.25) is 0 Å². The van der Waals surface area contributed by atoms with Crippen molar-refractivity contribution < 1.29 is 33.3 Å². The SMILES string of the molecule is CCCCCCC(=O)O[C@@H]1[C@H](N(C)C)C2=C[C@@H](OC2=O)[C@@H]2C(C)C(=O)O[C@H]2C[C@]2(C)O[C@@H]12. The normalized spacial score (nSPS) is 40.2. The molecule has 8 atom stereocenters. The van der Waals surface area contributed by atoms with Crippen LogP contribution in [0.5, 0.6) is 0 Å². The van der Waals surface area contributed by atoms with Crippen LogP contribution in [0.4, 0.5) is 0 Å². The maximum Gasteiger partial charge on any atom is 0.336 e. The Morgan fingerprint density at radius 3 is 2.66 bits per heavy atom. The number of nitrogens with zero attached hydrogens (tertiary/aromatic N) is 1. The lowest BCUT2D eigenvalue weighted by Gasteiger charge is -2.32. The molecule has 1 aliphatic carbocycles. The van der Waals surface area contributed by atoms with Gasteiger partial charge in [0, 0.05) is 18.8 Å². The largest absolute Gasteiger partial charge is 0.462 e. The van der Waals surface area contributed by atoms with Crippen molar-refractivity contribution in [3.63, 3.8) is 0 Å². The molecule has 1 unspecified atom stereocenters. The Hall–Kier alpha value is -1.93. The molecule has 0 aromatic rings. The predicted molar refractivity (Wildman–Crippen MR) is 115 cm³/mol. The average Bonchev–Trinajstić information content (AvgIpc) is 3.11. The van der Waals surface area contributed by atoms with Crippen molar-refractivity contribution in [1.82, 2.24) is 4.90 Å². The first-order valence-corrected chi connectivity index (χ1v) is 11.8. The van der Waals surface area contributed by atoms with Gasteiger partial charge in [-0.25, -0.2) is 4.79 Å². The van der Waals surface area contributed by atoms with Gasteiger partial charge in [0.1, 0.15) is 18.3 Å². The van der Waals surface area contributed by atoms with E-state index in [1.165, 1.54) is 0 Å². The third-order valence-corrected chi connectivity index (χ3v) is 7.38. The minimum atomic E-state index is -0.655. The second-order valence-corrected chi connectivity index (χ2v) is 10.1. The minimum absolute atomic E-state index is 0.258. The molecule has 2 saturated heterocycles. The molecule has 0 N–H and O–H groups in total. The monoisotopic (exact) mass is 449 g/mol. The summed E-state index contributed by atoms with van der Waals surface area (Å²) in [5.41, 5.74) is -0.149. The Balaban J connectivity index is 1.63. The summed E-state index contributed by atoms with van der Waals surface area (Å²) in [6.45, 7) is 5.90. The Kier molecular flexibility index (Phi) is 6.38. The van der Waals surface area contributed by atoms with Crippen LogP contribution in [0.15, 0.2) is 11.6 Å². The molecule has 8 nitrogen and oxygen atoms in total. The van der Waals surface area contributed by atoms with Crippen molar-refractivity contribution in [3.05, 3.63) is 11.6 Å². The lowest BCUT2D eigenvalue weighted by Crippen LogP contribution is -2.49. The summed E-state index contributed by atoms with van der Waals surface area (Å²) in [5, 5.41) is 0. The quantitative estimate of drug-likeness (QED) is 0.253. The fourth-order valence-corrected chi connectivity index (χ4v) is 5.55. The fourth-order valence-electron chi connectivity index (χ4n) is 5.55. The molecule has 4 aliphatic rings. The van der Waals surface area contributed by atoms with Crippen LogP contribution in [0.3, 0.4) is 0 Å². The second kappa shape index (κ2) is 8.78.